The van der Waals surface area contributed by atoms with E-state index in [0.717, 1.165) is 5.56 Å². The van der Waals surface area contributed by atoms with Crippen LogP contribution in [-0.4, -0.2) is 19.1 Å². The van der Waals surface area contributed by atoms with Gasteiger partial charge in [0.15, 0.2) is 0 Å². The van der Waals surface area contributed by atoms with Gasteiger partial charge in [0, 0.05) is 10.7 Å². The molecular formula is C16H14Cl2N2O2. The van der Waals surface area contributed by atoms with Crippen molar-refractivity contribution in [2.24, 2.45) is 5.73 Å². The second-order valence-corrected chi connectivity index (χ2v) is 5.89. The maximum atomic E-state index is 12.2. The molecule has 114 valence electrons. The minimum atomic E-state index is -0.568. The summed E-state index contributed by atoms with van der Waals surface area (Å²) in [4.78, 5) is 13.8. The van der Waals surface area contributed by atoms with Crippen molar-refractivity contribution in [1.29, 1.82) is 0 Å². The molecule has 22 heavy (non-hydrogen) atoms. The molecule has 0 radical (unpaired) electrons. The molecule has 1 heterocycles. The van der Waals surface area contributed by atoms with E-state index in [-0.39, 0.29) is 11.9 Å². The molecular weight excluding hydrogens is 323 g/mol. The summed E-state index contributed by atoms with van der Waals surface area (Å²) < 4.78 is 5.13. The van der Waals surface area contributed by atoms with Crippen LogP contribution in [-0.2, 0) is 4.79 Å². The number of ether oxygens (including phenoxy) is 1. The van der Waals surface area contributed by atoms with E-state index in [1.165, 1.54) is 0 Å². The van der Waals surface area contributed by atoms with Crippen molar-refractivity contribution in [2.75, 3.05) is 12.0 Å². The van der Waals surface area contributed by atoms with Gasteiger partial charge in [0.1, 0.15) is 11.8 Å². The van der Waals surface area contributed by atoms with Gasteiger partial charge in [-0.15, -0.1) is 0 Å². The Morgan fingerprint density at radius 1 is 1.14 bits per heavy atom. The Kier molecular flexibility index (Phi) is 4.00. The van der Waals surface area contributed by atoms with E-state index in [1.54, 1.807) is 42.3 Å². The molecule has 1 aliphatic rings. The molecule has 2 aromatic carbocycles. The summed E-state index contributed by atoms with van der Waals surface area (Å²) in [7, 11) is 1.54. The average Bonchev–Trinajstić information content (AvgIpc) is 2.52. The molecule has 0 aromatic heterocycles. The number of nitrogens with zero attached hydrogens (tertiary/aromatic N) is 1. The first-order chi connectivity index (χ1) is 10.5. The second kappa shape index (κ2) is 5.80. The Labute approximate surface area is 138 Å². The summed E-state index contributed by atoms with van der Waals surface area (Å²) in [6.07, 6.45) is 0. The highest BCUT2D eigenvalue weighted by atomic mass is 35.5. The zero-order valence-corrected chi connectivity index (χ0v) is 13.3. The molecule has 3 rings (SSSR count). The molecule has 2 atom stereocenters. The summed E-state index contributed by atoms with van der Waals surface area (Å²) in [5, 5.41) is 1.09. The van der Waals surface area contributed by atoms with Gasteiger partial charge in [-0.05, 0) is 35.9 Å². The Morgan fingerprint density at radius 3 is 2.41 bits per heavy atom. The van der Waals surface area contributed by atoms with Gasteiger partial charge in [-0.1, -0.05) is 35.3 Å². The van der Waals surface area contributed by atoms with E-state index in [0.29, 0.717) is 21.5 Å². The number of hydrogen-bond acceptors (Lipinski definition) is 3. The van der Waals surface area contributed by atoms with Gasteiger partial charge >= 0.3 is 0 Å². The third kappa shape index (κ3) is 2.43. The number of amides is 1. The van der Waals surface area contributed by atoms with Crippen LogP contribution in [0.25, 0.3) is 0 Å². The molecule has 0 saturated carbocycles. The van der Waals surface area contributed by atoms with Crippen LogP contribution in [0, 0.1) is 0 Å². The lowest BCUT2D eigenvalue weighted by Crippen LogP contribution is -2.63. The molecule has 1 aliphatic heterocycles. The molecule has 6 heteroatoms. The number of benzene rings is 2. The first-order valence-electron chi connectivity index (χ1n) is 6.70. The van der Waals surface area contributed by atoms with Crippen molar-refractivity contribution >= 4 is 34.8 Å². The first-order valence-corrected chi connectivity index (χ1v) is 7.46. The van der Waals surface area contributed by atoms with Crippen molar-refractivity contribution < 1.29 is 9.53 Å². The zero-order valence-electron chi connectivity index (χ0n) is 11.8. The molecule has 0 bridgehead atoms. The van der Waals surface area contributed by atoms with Crippen molar-refractivity contribution in [3.8, 4) is 5.75 Å². The third-order valence-electron chi connectivity index (χ3n) is 3.77. The molecule has 4 nitrogen and oxygen atoms in total. The van der Waals surface area contributed by atoms with Crippen molar-refractivity contribution in [2.45, 2.75) is 12.1 Å². The van der Waals surface area contributed by atoms with Crippen molar-refractivity contribution in [3.63, 3.8) is 0 Å². The van der Waals surface area contributed by atoms with E-state index >= 15 is 0 Å². The van der Waals surface area contributed by atoms with Crippen molar-refractivity contribution in [1.82, 2.24) is 0 Å². The van der Waals surface area contributed by atoms with Gasteiger partial charge in [-0.2, -0.15) is 0 Å². The Morgan fingerprint density at radius 2 is 1.82 bits per heavy atom. The highest BCUT2D eigenvalue weighted by molar-refractivity contribution is 6.32. The monoisotopic (exact) mass is 336 g/mol. The minimum absolute atomic E-state index is 0.138. The molecule has 1 saturated heterocycles. The minimum Gasteiger partial charge on any atom is -0.495 e. The lowest BCUT2D eigenvalue weighted by molar-refractivity contribution is -0.126. The van der Waals surface area contributed by atoms with Crippen LogP contribution >= 0.6 is 23.2 Å². The summed E-state index contributed by atoms with van der Waals surface area (Å²) in [5.74, 6) is 0.423. The number of anilines is 1. The van der Waals surface area contributed by atoms with Gasteiger partial charge in [-0.25, -0.2) is 0 Å². The number of methoxy groups -OCH3 is 1. The summed E-state index contributed by atoms with van der Waals surface area (Å²) >= 11 is 12.0. The normalized spacial score (nSPS) is 20.7. The van der Waals surface area contributed by atoms with Crippen LogP contribution in [0.3, 0.4) is 0 Å². The molecule has 0 unspecified atom stereocenters. The number of carbonyl (C=O) groups is 1. The van der Waals surface area contributed by atoms with Crippen LogP contribution in [0.1, 0.15) is 11.6 Å². The van der Waals surface area contributed by atoms with Gasteiger partial charge in [-0.3, -0.25) is 4.79 Å². The van der Waals surface area contributed by atoms with Gasteiger partial charge in [0.25, 0.3) is 0 Å². The number of hydrogen-bond donors (Lipinski definition) is 1. The first kappa shape index (κ1) is 15.2. The lowest BCUT2D eigenvalue weighted by Gasteiger charge is -2.45. The van der Waals surface area contributed by atoms with E-state index in [1.807, 2.05) is 12.1 Å². The van der Waals surface area contributed by atoms with Gasteiger partial charge in [0.2, 0.25) is 5.91 Å². The predicted octanol–water partition coefficient (Wildman–Crippen LogP) is 3.42. The largest absolute Gasteiger partial charge is 0.495 e. The maximum Gasteiger partial charge on any atom is 0.247 e. The Hall–Kier alpha value is -1.75. The lowest BCUT2D eigenvalue weighted by atomic mass is 9.88. The Bertz CT molecular complexity index is 719. The fraction of sp³-hybridized carbons (Fsp3) is 0.188. The number of nitrogens with two attached hydrogens (primary N) is 1. The number of carbonyl (C=O) groups excluding carboxylic acids is 1. The molecule has 0 aliphatic carbocycles. The van der Waals surface area contributed by atoms with E-state index in [2.05, 4.69) is 0 Å². The van der Waals surface area contributed by atoms with E-state index < -0.39 is 6.04 Å². The quantitative estimate of drug-likeness (QED) is 0.873. The molecule has 1 fully saturated rings. The molecule has 2 N–H and O–H groups in total. The third-order valence-corrected chi connectivity index (χ3v) is 4.31. The maximum absolute atomic E-state index is 12.2. The summed E-state index contributed by atoms with van der Waals surface area (Å²) in [6, 6.07) is 11.7. The number of β-lactam (4-membered cyclic amide) rings is 1. The predicted molar refractivity (Wildman–Crippen MR) is 87.7 cm³/mol. The van der Waals surface area contributed by atoms with Crippen LogP contribution in [0.5, 0.6) is 5.75 Å². The van der Waals surface area contributed by atoms with Crippen LogP contribution in [0.4, 0.5) is 5.69 Å². The molecule has 2 aromatic rings. The highest BCUT2D eigenvalue weighted by Gasteiger charge is 2.46. The van der Waals surface area contributed by atoms with Crippen LogP contribution in [0.2, 0.25) is 10.0 Å². The summed E-state index contributed by atoms with van der Waals surface area (Å²) in [6.45, 7) is 0. The molecule has 0 spiro atoms. The zero-order chi connectivity index (χ0) is 15.9. The van der Waals surface area contributed by atoms with Gasteiger partial charge < -0.3 is 15.4 Å². The van der Waals surface area contributed by atoms with Crippen LogP contribution < -0.4 is 15.4 Å². The molecule has 1 amide bonds. The summed E-state index contributed by atoms with van der Waals surface area (Å²) in [5.41, 5.74) is 7.60. The highest BCUT2D eigenvalue weighted by Crippen LogP contribution is 2.40. The number of halogens is 2. The van der Waals surface area contributed by atoms with Crippen LogP contribution in [0.15, 0.2) is 42.5 Å². The number of rotatable bonds is 3. The van der Waals surface area contributed by atoms with E-state index in [9.17, 15) is 4.79 Å². The topological polar surface area (TPSA) is 55.6 Å². The second-order valence-electron chi connectivity index (χ2n) is 5.05. The van der Waals surface area contributed by atoms with Gasteiger partial charge in [0.05, 0.1) is 18.2 Å². The standard InChI is InChI=1S/C16H14Cl2N2O2/c1-22-13-7-6-11(8-12(13)18)20-15(14(19)16(20)21)9-2-4-10(17)5-3-9/h2-8,14-15H,19H2,1H3/t14-,15+/m1/s1. The smallest absolute Gasteiger partial charge is 0.247 e. The Balaban J connectivity index is 1.96. The average molecular weight is 337 g/mol. The fourth-order valence-corrected chi connectivity index (χ4v) is 3.00. The SMILES string of the molecule is COc1ccc(N2C(=O)[C@H](N)[C@@H]2c2ccc(Cl)cc2)cc1Cl. The van der Waals surface area contributed by atoms with E-state index in [4.69, 9.17) is 33.7 Å². The fourth-order valence-electron chi connectivity index (χ4n) is 2.62. The van der Waals surface area contributed by atoms with Crippen molar-refractivity contribution in [3.05, 3.63) is 58.1 Å².